The van der Waals surface area contributed by atoms with Gasteiger partial charge in [0.2, 0.25) is 0 Å². The number of hydrogen-bond donors (Lipinski definition) is 4. The Morgan fingerprint density at radius 1 is 0.765 bits per heavy atom. The molecule has 0 fully saturated rings. The van der Waals surface area contributed by atoms with Crippen LogP contribution in [-0.4, -0.2) is 0 Å². The van der Waals surface area contributed by atoms with Crippen molar-refractivity contribution < 1.29 is 0 Å². The van der Waals surface area contributed by atoms with Crippen molar-refractivity contribution in [2.75, 3.05) is 22.9 Å². The fourth-order valence-corrected chi connectivity index (χ4v) is 1.75. The predicted octanol–water partition coefficient (Wildman–Crippen LogP) is 2.34. The van der Waals surface area contributed by atoms with Crippen molar-refractivity contribution in [3.8, 4) is 11.1 Å². The Balaban J connectivity index is 2.64. The first-order valence-electron chi connectivity index (χ1n) is 4.99. The van der Waals surface area contributed by atoms with Crippen molar-refractivity contribution in [3.05, 3.63) is 35.4 Å². The van der Waals surface area contributed by atoms with E-state index in [1.807, 2.05) is 12.1 Å². The van der Waals surface area contributed by atoms with Crippen molar-refractivity contribution in [1.29, 1.82) is 0 Å². The summed E-state index contributed by atoms with van der Waals surface area (Å²) in [7, 11) is 0. The summed E-state index contributed by atoms with van der Waals surface area (Å²) < 4.78 is 0. The molecule has 2 rings (SSSR count). The van der Waals surface area contributed by atoms with Gasteiger partial charge < -0.3 is 22.9 Å². The van der Waals surface area contributed by atoms with Crippen LogP contribution in [0.3, 0.4) is 0 Å². The zero-order valence-electron chi connectivity index (χ0n) is 9.07. The molecule has 88 valence electrons. The summed E-state index contributed by atoms with van der Waals surface area (Å²) in [6, 6.07) is 8.97. The van der Waals surface area contributed by atoms with E-state index in [0.717, 1.165) is 11.1 Å². The van der Waals surface area contributed by atoms with Crippen LogP contribution >= 0.6 is 11.6 Å². The van der Waals surface area contributed by atoms with Crippen LogP contribution < -0.4 is 22.9 Å². The molecular formula is C12H13ClN4. The second-order valence-electron chi connectivity index (χ2n) is 3.76. The van der Waals surface area contributed by atoms with E-state index in [9.17, 15) is 0 Å². The molecule has 0 amide bonds. The van der Waals surface area contributed by atoms with Gasteiger partial charge in [0.05, 0.1) is 22.7 Å². The van der Waals surface area contributed by atoms with E-state index in [4.69, 9.17) is 34.5 Å². The van der Waals surface area contributed by atoms with Crippen molar-refractivity contribution in [2.45, 2.75) is 0 Å². The molecular weight excluding hydrogens is 236 g/mol. The van der Waals surface area contributed by atoms with Crippen molar-refractivity contribution in [1.82, 2.24) is 0 Å². The lowest BCUT2D eigenvalue weighted by Gasteiger charge is -2.13. The monoisotopic (exact) mass is 248 g/mol. The number of anilines is 4. The minimum absolute atomic E-state index is 0.315. The molecule has 2 aromatic rings. The highest BCUT2D eigenvalue weighted by atomic mass is 35.5. The van der Waals surface area contributed by atoms with E-state index in [2.05, 4.69) is 0 Å². The first kappa shape index (κ1) is 11.4. The third-order valence-corrected chi connectivity index (χ3v) is 2.89. The molecule has 0 aliphatic carbocycles. The van der Waals surface area contributed by atoms with E-state index >= 15 is 0 Å². The van der Waals surface area contributed by atoms with Gasteiger partial charge in [-0.3, -0.25) is 0 Å². The number of nitrogens with two attached hydrogens (primary N) is 4. The van der Waals surface area contributed by atoms with Crippen molar-refractivity contribution in [2.24, 2.45) is 0 Å². The van der Waals surface area contributed by atoms with Crippen LogP contribution in [0, 0.1) is 0 Å². The zero-order valence-corrected chi connectivity index (χ0v) is 9.83. The fraction of sp³-hybridized carbons (Fsp3) is 0. The third kappa shape index (κ3) is 1.94. The predicted molar refractivity (Wildman–Crippen MR) is 74.5 cm³/mol. The quantitative estimate of drug-likeness (QED) is 0.582. The Morgan fingerprint density at radius 3 is 1.94 bits per heavy atom. The van der Waals surface area contributed by atoms with Crippen molar-refractivity contribution in [3.63, 3.8) is 0 Å². The van der Waals surface area contributed by atoms with Crippen LogP contribution in [0.4, 0.5) is 22.7 Å². The Morgan fingerprint density at radius 2 is 1.35 bits per heavy atom. The fourth-order valence-electron chi connectivity index (χ4n) is 1.62. The molecule has 5 heteroatoms. The SMILES string of the molecule is Nc1cc(-c2ccc(Cl)cc2)c(N)c(N)c1N. The largest absolute Gasteiger partial charge is 0.397 e. The van der Waals surface area contributed by atoms with Gasteiger partial charge in [-0.1, -0.05) is 23.7 Å². The van der Waals surface area contributed by atoms with E-state index in [1.165, 1.54) is 0 Å². The van der Waals surface area contributed by atoms with Gasteiger partial charge in [0.15, 0.2) is 0 Å². The number of nitrogen functional groups attached to an aromatic ring is 4. The van der Waals surface area contributed by atoms with Gasteiger partial charge in [0.1, 0.15) is 0 Å². The summed E-state index contributed by atoms with van der Waals surface area (Å²) in [5.41, 5.74) is 26.3. The molecule has 17 heavy (non-hydrogen) atoms. The van der Waals surface area contributed by atoms with E-state index in [1.54, 1.807) is 18.2 Å². The summed E-state index contributed by atoms with van der Waals surface area (Å²) in [5.74, 6) is 0. The zero-order chi connectivity index (χ0) is 12.6. The minimum atomic E-state index is 0.315. The van der Waals surface area contributed by atoms with Gasteiger partial charge in [0.25, 0.3) is 0 Å². The lowest BCUT2D eigenvalue weighted by molar-refractivity contribution is 1.59. The average Bonchev–Trinajstić information content (AvgIpc) is 2.32. The maximum atomic E-state index is 5.93. The third-order valence-electron chi connectivity index (χ3n) is 2.64. The van der Waals surface area contributed by atoms with Crippen molar-refractivity contribution >= 4 is 34.4 Å². The van der Waals surface area contributed by atoms with Gasteiger partial charge in [0, 0.05) is 10.6 Å². The number of benzene rings is 2. The van der Waals surface area contributed by atoms with Crippen LogP contribution in [0.15, 0.2) is 30.3 Å². The molecule has 0 aromatic heterocycles. The second kappa shape index (κ2) is 4.07. The molecule has 0 spiro atoms. The molecule has 0 aliphatic rings. The summed E-state index contributed by atoms with van der Waals surface area (Å²) in [6.07, 6.45) is 0. The molecule has 0 heterocycles. The van der Waals surface area contributed by atoms with E-state index < -0.39 is 0 Å². The number of rotatable bonds is 1. The molecule has 0 bridgehead atoms. The normalized spacial score (nSPS) is 10.4. The smallest absolute Gasteiger partial charge is 0.0809 e. The van der Waals surface area contributed by atoms with Crippen LogP contribution in [-0.2, 0) is 0 Å². The van der Waals surface area contributed by atoms with Crippen LogP contribution in [0.25, 0.3) is 11.1 Å². The molecule has 0 radical (unpaired) electrons. The molecule has 4 nitrogen and oxygen atoms in total. The Hall–Kier alpha value is -2.07. The highest BCUT2D eigenvalue weighted by Crippen LogP contribution is 2.38. The Labute approximate surface area is 104 Å². The Bertz CT molecular complexity index is 564. The number of hydrogen-bond acceptors (Lipinski definition) is 4. The molecule has 0 aliphatic heterocycles. The molecule has 0 saturated carbocycles. The summed E-state index contributed by atoms with van der Waals surface area (Å²) in [5, 5.41) is 0.656. The van der Waals surface area contributed by atoms with Gasteiger partial charge in [-0.15, -0.1) is 0 Å². The molecule has 0 unspecified atom stereocenters. The topological polar surface area (TPSA) is 104 Å². The summed E-state index contributed by atoms with van der Waals surface area (Å²) >= 11 is 5.83. The van der Waals surface area contributed by atoms with Crippen LogP contribution in [0.1, 0.15) is 0 Å². The second-order valence-corrected chi connectivity index (χ2v) is 4.20. The lowest BCUT2D eigenvalue weighted by Crippen LogP contribution is -2.05. The highest BCUT2D eigenvalue weighted by molar-refractivity contribution is 6.30. The first-order valence-corrected chi connectivity index (χ1v) is 5.37. The average molecular weight is 249 g/mol. The van der Waals surface area contributed by atoms with Crippen LogP contribution in [0.5, 0.6) is 0 Å². The van der Waals surface area contributed by atoms with E-state index in [-0.39, 0.29) is 0 Å². The highest BCUT2D eigenvalue weighted by Gasteiger charge is 2.11. The molecule has 0 saturated heterocycles. The minimum Gasteiger partial charge on any atom is -0.397 e. The van der Waals surface area contributed by atoms with E-state index in [0.29, 0.717) is 27.8 Å². The number of halogens is 1. The lowest BCUT2D eigenvalue weighted by atomic mass is 10.0. The maximum Gasteiger partial charge on any atom is 0.0809 e. The summed E-state index contributed by atoms with van der Waals surface area (Å²) in [4.78, 5) is 0. The van der Waals surface area contributed by atoms with Gasteiger partial charge in [-0.2, -0.15) is 0 Å². The van der Waals surface area contributed by atoms with Gasteiger partial charge in [-0.05, 0) is 23.8 Å². The Kier molecular flexibility index (Phi) is 2.73. The van der Waals surface area contributed by atoms with Gasteiger partial charge in [-0.25, -0.2) is 0 Å². The standard InChI is InChI=1S/C12H13ClN4/c13-7-3-1-6(2-4-7)8-5-9(14)11(16)12(17)10(8)15/h1-5H,14-17H2. The summed E-state index contributed by atoms with van der Waals surface area (Å²) in [6.45, 7) is 0. The first-order chi connectivity index (χ1) is 8.00. The molecule has 0 atom stereocenters. The molecule has 8 N–H and O–H groups in total. The van der Waals surface area contributed by atoms with Gasteiger partial charge >= 0.3 is 0 Å². The maximum absolute atomic E-state index is 5.93. The van der Waals surface area contributed by atoms with Crippen LogP contribution in [0.2, 0.25) is 5.02 Å². The molecule has 2 aromatic carbocycles.